The lowest BCUT2D eigenvalue weighted by Crippen LogP contribution is -2.04. The molecule has 0 spiro atoms. The summed E-state index contributed by atoms with van der Waals surface area (Å²) < 4.78 is 17.1. The highest BCUT2D eigenvalue weighted by atomic mass is 79.9. The van der Waals surface area contributed by atoms with Gasteiger partial charge in [-0.15, -0.1) is 0 Å². The molecule has 0 fully saturated rings. The number of halogens is 1. The Kier molecular flexibility index (Phi) is 5.23. The van der Waals surface area contributed by atoms with Crippen LogP contribution in [0.15, 0.2) is 41.1 Å². The molecule has 0 saturated carbocycles. The first-order valence-electron chi connectivity index (χ1n) is 7.59. The van der Waals surface area contributed by atoms with E-state index >= 15 is 0 Å². The van der Waals surface area contributed by atoms with Gasteiger partial charge in [0.05, 0.1) is 32.5 Å². The van der Waals surface area contributed by atoms with Crippen LogP contribution in [0.1, 0.15) is 5.56 Å². The van der Waals surface area contributed by atoms with Gasteiger partial charge in [0.1, 0.15) is 11.3 Å². The molecule has 0 bridgehead atoms. The van der Waals surface area contributed by atoms with Gasteiger partial charge in [0, 0.05) is 35.0 Å². The molecule has 2 heterocycles. The minimum atomic E-state index is 0.542. The number of hydrogen-bond acceptors (Lipinski definition) is 6. The van der Waals surface area contributed by atoms with E-state index in [-0.39, 0.29) is 0 Å². The van der Waals surface area contributed by atoms with E-state index in [4.69, 9.17) is 14.2 Å². The maximum absolute atomic E-state index is 5.47. The van der Waals surface area contributed by atoms with E-state index in [0.29, 0.717) is 18.0 Å². The Labute approximate surface area is 154 Å². The van der Waals surface area contributed by atoms with Crippen LogP contribution in [0.2, 0.25) is 0 Å². The van der Waals surface area contributed by atoms with E-state index in [2.05, 4.69) is 31.2 Å². The summed E-state index contributed by atoms with van der Waals surface area (Å²) in [5, 5.41) is 3.39. The molecule has 0 aliphatic carbocycles. The predicted molar refractivity (Wildman–Crippen MR) is 101 cm³/mol. The number of hydrogen-bond donors (Lipinski definition) is 1. The Morgan fingerprint density at radius 3 is 2.40 bits per heavy atom. The van der Waals surface area contributed by atoms with E-state index in [9.17, 15) is 0 Å². The van der Waals surface area contributed by atoms with E-state index in [1.54, 1.807) is 33.7 Å². The van der Waals surface area contributed by atoms with Crippen molar-refractivity contribution < 1.29 is 14.2 Å². The van der Waals surface area contributed by atoms with Gasteiger partial charge in [0.25, 0.3) is 0 Å². The van der Waals surface area contributed by atoms with Crippen molar-refractivity contribution >= 4 is 32.7 Å². The van der Waals surface area contributed by atoms with Crippen LogP contribution in [-0.4, -0.2) is 31.3 Å². The summed E-state index contributed by atoms with van der Waals surface area (Å²) in [4.78, 5) is 8.80. The van der Waals surface area contributed by atoms with Crippen LogP contribution in [0.5, 0.6) is 17.2 Å². The van der Waals surface area contributed by atoms with Crippen molar-refractivity contribution in [3.8, 4) is 17.2 Å². The van der Waals surface area contributed by atoms with E-state index in [0.717, 1.165) is 32.5 Å². The minimum Gasteiger partial charge on any atom is -0.496 e. The van der Waals surface area contributed by atoms with Crippen molar-refractivity contribution in [1.82, 2.24) is 9.97 Å². The molecule has 1 N–H and O–H groups in total. The molecule has 1 aromatic carbocycles. The highest BCUT2D eigenvalue weighted by molar-refractivity contribution is 9.10. The lowest BCUT2D eigenvalue weighted by atomic mass is 10.1. The van der Waals surface area contributed by atoms with Crippen molar-refractivity contribution in [2.45, 2.75) is 6.54 Å². The maximum Gasteiger partial charge on any atom is 0.164 e. The molecule has 0 amide bonds. The summed E-state index contributed by atoms with van der Waals surface area (Å²) in [6, 6.07) is 7.55. The Morgan fingerprint density at radius 1 is 0.960 bits per heavy atom. The Hall–Kier alpha value is -2.54. The van der Waals surface area contributed by atoms with Crippen molar-refractivity contribution in [2.24, 2.45) is 0 Å². The number of ether oxygens (including phenoxy) is 3. The van der Waals surface area contributed by atoms with Crippen LogP contribution in [0, 0.1) is 0 Å². The third-order valence-electron chi connectivity index (χ3n) is 3.80. The molecule has 6 nitrogen and oxygen atoms in total. The molecule has 2 aromatic heterocycles. The maximum atomic E-state index is 5.47. The Bertz CT molecular complexity index is 902. The zero-order valence-corrected chi connectivity index (χ0v) is 15.8. The molecular weight excluding hydrogens is 386 g/mol. The topological polar surface area (TPSA) is 65.5 Å². The number of anilines is 1. The number of nitrogens with zero attached hydrogens (tertiary/aromatic N) is 2. The van der Waals surface area contributed by atoms with E-state index < -0.39 is 0 Å². The minimum absolute atomic E-state index is 0.542. The zero-order chi connectivity index (χ0) is 17.8. The summed E-state index contributed by atoms with van der Waals surface area (Å²) in [6.07, 6.45) is 3.51. The fourth-order valence-electron chi connectivity index (χ4n) is 2.57. The van der Waals surface area contributed by atoms with Crippen LogP contribution in [0.4, 0.5) is 5.69 Å². The number of methoxy groups -OCH3 is 3. The quantitative estimate of drug-likeness (QED) is 0.669. The molecule has 25 heavy (non-hydrogen) atoms. The molecule has 0 saturated heterocycles. The summed E-state index contributed by atoms with van der Waals surface area (Å²) in [6.45, 7) is 0.542. The molecule has 130 valence electrons. The smallest absolute Gasteiger partial charge is 0.164 e. The molecule has 0 radical (unpaired) electrons. The van der Waals surface area contributed by atoms with Gasteiger partial charge in [-0.3, -0.25) is 9.97 Å². The largest absolute Gasteiger partial charge is 0.496 e. The fourth-order valence-corrected chi connectivity index (χ4v) is 2.89. The lowest BCUT2D eigenvalue weighted by molar-refractivity contribution is 0.347. The first-order valence-corrected chi connectivity index (χ1v) is 8.38. The van der Waals surface area contributed by atoms with Crippen LogP contribution in [-0.2, 0) is 6.54 Å². The molecular formula is C18H18BrN3O3. The highest BCUT2D eigenvalue weighted by Gasteiger charge is 2.12. The summed E-state index contributed by atoms with van der Waals surface area (Å²) in [7, 11) is 4.84. The van der Waals surface area contributed by atoms with Crippen LogP contribution in [0.25, 0.3) is 11.0 Å². The average molecular weight is 404 g/mol. The summed E-state index contributed by atoms with van der Waals surface area (Å²) >= 11 is 3.42. The Morgan fingerprint density at radius 2 is 1.68 bits per heavy atom. The molecule has 0 atom stereocenters. The summed E-state index contributed by atoms with van der Waals surface area (Å²) in [5.74, 6) is 2.00. The molecule has 3 rings (SSSR count). The van der Waals surface area contributed by atoms with E-state index in [1.807, 2.05) is 24.3 Å². The predicted octanol–water partition coefficient (Wildman–Crippen LogP) is 4.03. The zero-order valence-electron chi connectivity index (χ0n) is 14.2. The van der Waals surface area contributed by atoms with Crippen molar-refractivity contribution in [3.05, 3.63) is 46.7 Å². The average Bonchev–Trinajstić information content (AvgIpc) is 2.65. The third-order valence-corrected chi connectivity index (χ3v) is 4.23. The number of pyridine rings is 2. The van der Waals surface area contributed by atoms with Gasteiger partial charge < -0.3 is 19.5 Å². The number of nitrogens with one attached hydrogen (secondary N) is 1. The van der Waals surface area contributed by atoms with Gasteiger partial charge >= 0.3 is 0 Å². The van der Waals surface area contributed by atoms with Gasteiger partial charge in [-0.05, 0) is 34.1 Å². The summed E-state index contributed by atoms with van der Waals surface area (Å²) in [5.41, 5.74) is 3.47. The normalized spacial score (nSPS) is 10.6. The number of fused-ring (bicyclic) bond motifs is 1. The van der Waals surface area contributed by atoms with E-state index in [1.165, 1.54) is 0 Å². The van der Waals surface area contributed by atoms with Crippen LogP contribution in [0.3, 0.4) is 0 Å². The van der Waals surface area contributed by atoms with Crippen LogP contribution >= 0.6 is 15.9 Å². The molecule has 3 aromatic rings. The number of aromatic nitrogens is 2. The molecule has 0 aliphatic rings. The monoisotopic (exact) mass is 403 g/mol. The van der Waals surface area contributed by atoms with Gasteiger partial charge in [-0.2, -0.15) is 0 Å². The first-order chi connectivity index (χ1) is 12.2. The SMILES string of the molecule is COc1cc(OC)c(OC)cc1CNc1ccnc2cc(Br)cnc12. The molecule has 0 unspecified atom stereocenters. The standard InChI is InChI=1S/C18H18BrN3O3/c1-23-15-8-17(25-3)16(24-2)6-11(15)9-21-13-4-5-20-14-7-12(19)10-22-18(13)14/h4-8,10H,9H2,1-3H3,(H,20,21). The highest BCUT2D eigenvalue weighted by Crippen LogP contribution is 2.35. The van der Waals surface area contributed by atoms with Crippen molar-refractivity contribution in [3.63, 3.8) is 0 Å². The molecule has 0 aliphatic heterocycles. The second-order valence-corrected chi connectivity index (χ2v) is 6.17. The third kappa shape index (κ3) is 3.61. The second kappa shape index (κ2) is 7.57. The lowest BCUT2D eigenvalue weighted by Gasteiger charge is -2.15. The van der Waals surface area contributed by atoms with Gasteiger partial charge in [0.2, 0.25) is 0 Å². The fraction of sp³-hybridized carbons (Fsp3) is 0.222. The number of rotatable bonds is 6. The second-order valence-electron chi connectivity index (χ2n) is 5.25. The number of benzene rings is 1. The van der Waals surface area contributed by atoms with Crippen molar-refractivity contribution in [2.75, 3.05) is 26.6 Å². The first kappa shape index (κ1) is 17.3. The molecule has 7 heteroatoms. The Balaban J connectivity index is 1.91. The van der Waals surface area contributed by atoms with Gasteiger partial charge in [-0.25, -0.2) is 0 Å². The van der Waals surface area contributed by atoms with Gasteiger partial charge in [0.15, 0.2) is 11.5 Å². The van der Waals surface area contributed by atoms with Crippen molar-refractivity contribution in [1.29, 1.82) is 0 Å². The van der Waals surface area contributed by atoms with Crippen LogP contribution < -0.4 is 19.5 Å². The van der Waals surface area contributed by atoms with Gasteiger partial charge in [-0.1, -0.05) is 0 Å².